The van der Waals surface area contributed by atoms with Crippen molar-refractivity contribution in [3.05, 3.63) is 64.5 Å². The number of ether oxygens (including phenoxy) is 1. The predicted octanol–water partition coefficient (Wildman–Crippen LogP) is 4.85. The Morgan fingerprint density at radius 2 is 1.73 bits per heavy atom. The number of aryl methyl sites for hydroxylation is 1. The molecule has 0 saturated carbocycles. The summed E-state index contributed by atoms with van der Waals surface area (Å²) in [5.74, 6) is -12.8. The van der Waals surface area contributed by atoms with Crippen molar-refractivity contribution in [3.63, 3.8) is 0 Å². The monoisotopic (exact) mass is 461 g/mol. The largest absolute Gasteiger partial charge is 0.477 e. The minimum atomic E-state index is -2.31. The lowest BCUT2D eigenvalue weighted by atomic mass is 10.2. The van der Waals surface area contributed by atoms with E-state index in [1.165, 1.54) is 11.8 Å². The number of hydrogen-bond acceptors (Lipinski definition) is 6. The predicted molar refractivity (Wildman–Crippen MR) is 101 cm³/mol. The number of thioether (sulfide) groups is 1. The summed E-state index contributed by atoms with van der Waals surface area (Å²) in [5, 5.41) is 10.0. The van der Waals surface area contributed by atoms with E-state index in [1.807, 2.05) is 31.2 Å². The number of rotatable bonds is 7. The van der Waals surface area contributed by atoms with Gasteiger partial charge in [0, 0.05) is 5.75 Å². The van der Waals surface area contributed by atoms with Crippen molar-refractivity contribution in [3.8, 4) is 5.75 Å². The number of anilines is 1. The van der Waals surface area contributed by atoms with Crippen LogP contribution in [0.1, 0.15) is 11.1 Å². The zero-order valence-corrected chi connectivity index (χ0v) is 16.8. The molecule has 0 bridgehead atoms. The Hall–Kier alpha value is -2.73. The quantitative estimate of drug-likeness (QED) is 0.179. The van der Waals surface area contributed by atoms with Gasteiger partial charge in [-0.05, 0) is 12.5 Å². The average Bonchev–Trinajstić information content (AvgIpc) is 3.16. The molecule has 0 radical (unpaired) electrons. The molecule has 1 aromatic heterocycles. The first-order valence-corrected chi connectivity index (χ1v) is 10.0. The van der Waals surface area contributed by atoms with E-state index in [1.54, 1.807) is 0 Å². The van der Waals surface area contributed by atoms with Crippen LogP contribution in [0.15, 0.2) is 28.6 Å². The number of hydrogen-bond donors (Lipinski definition) is 1. The van der Waals surface area contributed by atoms with Crippen LogP contribution in [0.2, 0.25) is 0 Å². The van der Waals surface area contributed by atoms with Crippen LogP contribution in [0, 0.1) is 36.0 Å². The fourth-order valence-electron chi connectivity index (χ4n) is 2.27. The van der Waals surface area contributed by atoms with Gasteiger partial charge in [-0.25, -0.2) is 13.2 Å². The maximum atomic E-state index is 13.5. The standard InChI is InChI=1S/C18H12F5N3O2S2/c1-8-3-2-4-9(5-8)7-29-18-26-25-17(30-18)24-10(27)6-28-16-14(22)12(20)11(19)13(21)15(16)23/h2-5H,6-7H2,1H3,(H,24,25,27). The molecule has 0 saturated heterocycles. The number of halogens is 5. The molecule has 2 aromatic carbocycles. The molecule has 0 unspecified atom stereocenters. The first-order valence-electron chi connectivity index (χ1n) is 8.22. The Bertz CT molecular complexity index is 1060. The molecule has 12 heteroatoms. The van der Waals surface area contributed by atoms with Crippen LogP contribution < -0.4 is 10.1 Å². The van der Waals surface area contributed by atoms with Crippen molar-refractivity contribution in [2.24, 2.45) is 0 Å². The SMILES string of the molecule is Cc1cccc(CSc2nnc(NC(=O)COc3c(F)c(F)c(F)c(F)c3F)s2)c1. The molecular formula is C18H12F5N3O2S2. The first kappa shape index (κ1) is 22.0. The second kappa shape index (κ2) is 9.39. The van der Waals surface area contributed by atoms with Gasteiger partial charge in [0.1, 0.15) is 0 Å². The number of amides is 1. The fourth-order valence-corrected chi connectivity index (χ4v) is 3.98. The molecule has 0 fully saturated rings. The Labute approximate surface area is 175 Å². The van der Waals surface area contributed by atoms with Gasteiger partial charge in [-0.2, -0.15) is 8.78 Å². The third-order valence-corrected chi connectivity index (χ3v) is 5.66. The van der Waals surface area contributed by atoms with E-state index < -0.39 is 47.3 Å². The van der Waals surface area contributed by atoms with Gasteiger partial charge >= 0.3 is 0 Å². The lowest BCUT2D eigenvalue weighted by Gasteiger charge is -2.09. The summed E-state index contributed by atoms with van der Waals surface area (Å²) in [5.41, 5.74) is 2.20. The zero-order chi connectivity index (χ0) is 21.8. The van der Waals surface area contributed by atoms with Crippen LogP contribution in [0.3, 0.4) is 0 Å². The molecule has 0 atom stereocenters. The number of carbonyl (C=O) groups excluding carboxylic acids is 1. The van der Waals surface area contributed by atoms with Crippen LogP contribution in [-0.2, 0) is 10.5 Å². The molecule has 3 rings (SSSR count). The Kier molecular flexibility index (Phi) is 6.87. The van der Waals surface area contributed by atoms with E-state index in [-0.39, 0.29) is 5.13 Å². The van der Waals surface area contributed by atoms with Crippen LogP contribution in [-0.4, -0.2) is 22.7 Å². The molecule has 30 heavy (non-hydrogen) atoms. The summed E-state index contributed by atoms with van der Waals surface area (Å²) in [6.45, 7) is 0.977. The molecule has 1 heterocycles. The minimum Gasteiger partial charge on any atom is -0.477 e. The molecule has 0 aliphatic carbocycles. The highest BCUT2D eigenvalue weighted by Crippen LogP contribution is 2.30. The van der Waals surface area contributed by atoms with Crippen molar-refractivity contribution >= 4 is 34.1 Å². The Balaban J connectivity index is 1.56. The van der Waals surface area contributed by atoms with Gasteiger partial charge in [0.05, 0.1) is 0 Å². The van der Waals surface area contributed by atoms with Gasteiger partial charge in [-0.3, -0.25) is 10.1 Å². The van der Waals surface area contributed by atoms with Crippen molar-refractivity contribution in [2.45, 2.75) is 17.0 Å². The first-order chi connectivity index (χ1) is 14.3. The van der Waals surface area contributed by atoms with Gasteiger partial charge in [0.2, 0.25) is 34.2 Å². The second-order valence-electron chi connectivity index (χ2n) is 5.89. The normalized spacial score (nSPS) is 10.9. The van der Waals surface area contributed by atoms with Crippen LogP contribution in [0.25, 0.3) is 0 Å². The summed E-state index contributed by atoms with van der Waals surface area (Å²) in [4.78, 5) is 11.9. The van der Waals surface area contributed by atoms with Gasteiger partial charge < -0.3 is 4.74 Å². The number of aromatic nitrogens is 2. The second-order valence-corrected chi connectivity index (χ2v) is 8.09. The number of carbonyl (C=O) groups is 1. The summed E-state index contributed by atoms with van der Waals surface area (Å²) in [6, 6.07) is 7.89. The van der Waals surface area contributed by atoms with E-state index in [2.05, 4.69) is 20.3 Å². The van der Waals surface area contributed by atoms with Crippen LogP contribution in [0.5, 0.6) is 5.75 Å². The fraction of sp³-hybridized carbons (Fsp3) is 0.167. The molecule has 1 N–H and O–H groups in total. The molecule has 0 spiro atoms. The Morgan fingerprint density at radius 1 is 1.07 bits per heavy atom. The highest BCUT2D eigenvalue weighted by atomic mass is 32.2. The summed E-state index contributed by atoms with van der Waals surface area (Å²) in [7, 11) is 0. The number of benzene rings is 2. The number of nitrogens with one attached hydrogen (secondary N) is 1. The maximum absolute atomic E-state index is 13.5. The molecule has 158 valence electrons. The van der Waals surface area contributed by atoms with Crippen molar-refractivity contribution in [2.75, 3.05) is 11.9 Å². The maximum Gasteiger partial charge on any atom is 0.264 e. The minimum absolute atomic E-state index is 0.0905. The third kappa shape index (κ3) is 5.05. The summed E-state index contributed by atoms with van der Waals surface area (Å²) in [6.07, 6.45) is 0. The van der Waals surface area contributed by atoms with E-state index in [9.17, 15) is 26.7 Å². The molecule has 3 aromatic rings. The molecule has 0 aliphatic heterocycles. The third-order valence-electron chi connectivity index (χ3n) is 3.61. The molecule has 5 nitrogen and oxygen atoms in total. The van der Waals surface area contributed by atoms with E-state index in [0.29, 0.717) is 10.1 Å². The summed E-state index contributed by atoms with van der Waals surface area (Å²) < 4.78 is 71.4. The summed E-state index contributed by atoms with van der Waals surface area (Å²) >= 11 is 2.45. The molecular weight excluding hydrogens is 449 g/mol. The molecule has 0 aliphatic rings. The highest BCUT2D eigenvalue weighted by molar-refractivity contribution is 8.00. The highest BCUT2D eigenvalue weighted by Gasteiger charge is 2.27. The van der Waals surface area contributed by atoms with E-state index in [0.717, 1.165) is 22.5 Å². The molecule has 1 amide bonds. The smallest absolute Gasteiger partial charge is 0.264 e. The van der Waals surface area contributed by atoms with Crippen molar-refractivity contribution in [1.29, 1.82) is 0 Å². The van der Waals surface area contributed by atoms with E-state index in [4.69, 9.17) is 0 Å². The lowest BCUT2D eigenvalue weighted by molar-refractivity contribution is -0.118. The van der Waals surface area contributed by atoms with Gasteiger partial charge in [-0.1, -0.05) is 52.9 Å². The zero-order valence-electron chi connectivity index (χ0n) is 15.1. The average molecular weight is 461 g/mol. The van der Waals surface area contributed by atoms with Gasteiger partial charge in [0.25, 0.3) is 5.91 Å². The number of nitrogens with zero attached hydrogens (tertiary/aromatic N) is 2. The van der Waals surface area contributed by atoms with E-state index >= 15 is 0 Å². The van der Waals surface area contributed by atoms with Gasteiger partial charge in [0.15, 0.2) is 16.7 Å². The topological polar surface area (TPSA) is 64.1 Å². The Morgan fingerprint density at radius 3 is 2.40 bits per heavy atom. The van der Waals surface area contributed by atoms with Gasteiger partial charge in [-0.15, -0.1) is 10.2 Å². The van der Waals surface area contributed by atoms with Crippen molar-refractivity contribution in [1.82, 2.24) is 10.2 Å². The van der Waals surface area contributed by atoms with Crippen LogP contribution in [0.4, 0.5) is 27.1 Å². The lowest BCUT2D eigenvalue weighted by Crippen LogP contribution is -2.21. The van der Waals surface area contributed by atoms with Crippen molar-refractivity contribution < 1.29 is 31.5 Å². The van der Waals surface area contributed by atoms with Crippen LogP contribution >= 0.6 is 23.1 Å².